The van der Waals surface area contributed by atoms with Crippen LogP contribution in [0.5, 0.6) is 0 Å². The number of ether oxygens (including phenoxy) is 1. The van der Waals surface area contributed by atoms with E-state index in [-0.39, 0.29) is 0 Å². The van der Waals surface area contributed by atoms with Gasteiger partial charge in [0.2, 0.25) is 0 Å². The molecule has 1 aromatic rings. The summed E-state index contributed by atoms with van der Waals surface area (Å²) in [7, 11) is 2.03. The summed E-state index contributed by atoms with van der Waals surface area (Å²) in [6.07, 6.45) is 2.24. The Morgan fingerprint density at radius 2 is 2.06 bits per heavy atom. The molecule has 1 heterocycles. The smallest absolute Gasteiger partial charge is 0.0469 e. The second-order valence-electron chi connectivity index (χ2n) is 4.72. The summed E-state index contributed by atoms with van der Waals surface area (Å²) in [4.78, 5) is 0. The third kappa shape index (κ3) is 3.01. The van der Waals surface area contributed by atoms with Crippen molar-refractivity contribution in [2.24, 2.45) is 5.92 Å². The highest BCUT2D eigenvalue weighted by Gasteiger charge is 2.25. The molecule has 1 aliphatic rings. The van der Waals surface area contributed by atoms with Crippen molar-refractivity contribution in [3.63, 3.8) is 0 Å². The molecular formula is C14H20ClNO. The van der Waals surface area contributed by atoms with E-state index >= 15 is 0 Å². The predicted molar refractivity (Wildman–Crippen MR) is 71.5 cm³/mol. The molecule has 1 N–H and O–H groups in total. The summed E-state index contributed by atoms with van der Waals surface area (Å²) in [5, 5.41) is 4.26. The molecular weight excluding hydrogens is 234 g/mol. The van der Waals surface area contributed by atoms with Crippen LogP contribution in [0.15, 0.2) is 18.2 Å². The summed E-state index contributed by atoms with van der Waals surface area (Å²) in [6.45, 7) is 3.90. The van der Waals surface area contributed by atoms with Crippen molar-refractivity contribution >= 4 is 11.6 Å². The van der Waals surface area contributed by atoms with Crippen molar-refractivity contribution < 1.29 is 4.74 Å². The molecule has 1 unspecified atom stereocenters. The minimum absolute atomic E-state index is 0.387. The van der Waals surface area contributed by atoms with Gasteiger partial charge in [-0.05, 0) is 56.0 Å². The van der Waals surface area contributed by atoms with Crippen LogP contribution in [0.3, 0.4) is 0 Å². The maximum absolute atomic E-state index is 6.10. The van der Waals surface area contributed by atoms with Crippen LogP contribution in [0.2, 0.25) is 5.02 Å². The SMILES string of the molecule is CNC(c1cc(Cl)ccc1C)C1CCOCC1. The zero-order chi connectivity index (χ0) is 12.3. The average molecular weight is 254 g/mol. The normalized spacial score (nSPS) is 19.2. The minimum atomic E-state index is 0.387. The molecule has 0 aliphatic carbocycles. The number of benzene rings is 1. The van der Waals surface area contributed by atoms with E-state index < -0.39 is 0 Å². The van der Waals surface area contributed by atoms with Gasteiger partial charge in [-0.3, -0.25) is 0 Å². The summed E-state index contributed by atoms with van der Waals surface area (Å²) in [6, 6.07) is 6.53. The number of hydrogen-bond donors (Lipinski definition) is 1. The van der Waals surface area contributed by atoms with Crippen molar-refractivity contribution in [1.82, 2.24) is 5.32 Å². The second-order valence-corrected chi connectivity index (χ2v) is 5.15. The molecule has 0 saturated carbocycles. The van der Waals surface area contributed by atoms with Gasteiger partial charge < -0.3 is 10.1 Å². The standard InChI is InChI=1S/C14H20ClNO/c1-10-3-4-12(15)9-13(10)14(16-2)11-5-7-17-8-6-11/h3-4,9,11,14,16H,5-8H2,1-2H3. The highest BCUT2D eigenvalue weighted by atomic mass is 35.5. The molecule has 0 amide bonds. The molecule has 1 atom stereocenters. The number of aryl methyl sites for hydroxylation is 1. The molecule has 17 heavy (non-hydrogen) atoms. The van der Waals surface area contributed by atoms with Gasteiger partial charge in [0.1, 0.15) is 0 Å². The minimum Gasteiger partial charge on any atom is -0.381 e. The van der Waals surface area contributed by atoms with Crippen LogP contribution in [0.4, 0.5) is 0 Å². The highest BCUT2D eigenvalue weighted by Crippen LogP contribution is 2.32. The Morgan fingerprint density at radius 1 is 1.35 bits per heavy atom. The third-order valence-corrected chi connectivity index (χ3v) is 3.86. The van der Waals surface area contributed by atoms with Crippen LogP contribution in [0, 0.1) is 12.8 Å². The van der Waals surface area contributed by atoms with Gasteiger partial charge in [-0.25, -0.2) is 0 Å². The fraction of sp³-hybridized carbons (Fsp3) is 0.571. The molecule has 2 rings (SSSR count). The van der Waals surface area contributed by atoms with E-state index in [1.54, 1.807) is 0 Å². The first-order chi connectivity index (χ1) is 8.22. The van der Waals surface area contributed by atoms with E-state index in [4.69, 9.17) is 16.3 Å². The Bertz CT molecular complexity index is 374. The quantitative estimate of drug-likeness (QED) is 0.892. The zero-order valence-electron chi connectivity index (χ0n) is 10.5. The lowest BCUT2D eigenvalue weighted by Crippen LogP contribution is -2.30. The molecule has 0 spiro atoms. The molecule has 0 bridgehead atoms. The maximum atomic E-state index is 6.10. The first-order valence-electron chi connectivity index (χ1n) is 6.23. The second kappa shape index (κ2) is 5.85. The molecule has 1 fully saturated rings. The maximum Gasteiger partial charge on any atom is 0.0469 e. The molecule has 3 heteroatoms. The van der Waals surface area contributed by atoms with Crippen molar-refractivity contribution in [3.05, 3.63) is 34.3 Å². The van der Waals surface area contributed by atoms with Gasteiger partial charge in [0.25, 0.3) is 0 Å². The van der Waals surface area contributed by atoms with Gasteiger partial charge in [-0.2, -0.15) is 0 Å². The van der Waals surface area contributed by atoms with E-state index in [1.165, 1.54) is 11.1 Å². The summed E-state index contributed by atoms with van der Waals surface area (Å²) in [5.74, 6) is 0.644. The largest absolute Gasteiger partial charge is 0.381 e. The van der Waals surface area contributed by atoms with Crippen LogP contribution >= 0.6 is 11.6 Å². The number of rotatable bonds is 3. The molecule has 1 saturated heterocycles. The Balaban J connectivity index is 2.24. The van der Waals surface area contributed by atoms with Crippen LogP contribution in [0.25, 0.3) is 0 Å². The molecule has 94 valence electrons. The predicted octanol–water partition coefficient (Wildman–Crippen LogP) is 3.34. The zero-order valence-corrected chi connectivity index (χ0v) is 11.3. The Labute approximate surface area is 108 Å². The first-order valence-corrected chi connectivity index (χ1v) is 6.61. The van der Waals surface area contributed by atoms with E-state index in [1.807, 2.05) is 13.1 Å². The lowest BCUT2D eigenvalue weighted by molar-refractivity contribution is 0.0545. The van der Waals surface area contributed by atoms with Gasteiger partial charge in [0.05, 0.1) is 0 Å². The summed E-state index contributed by atoms with van der Waals surface area (Å²) in [5.41, 5.74) is 2.63. The third-order valence-electron chi connectivity index (χ3n) is 3.62. The lowest BCUT2D eigenvalue weighted by atomic mass is 9.85. The number of halogens is 1. The monoisotopic (exact) mass is 253 g/mol. The number of nitrogens with one attached hydrogen (secondary N) is 1. The van der Waals surface area contributed by atoms with Crippen molar-refractivity contribution in [2.75, 3.05) is 20.3 Å². The van der Waals surface area contributed by atoms with Gasteiger partial charge in [0.15, 0.2) is 0 Å². The van der Waals surface area contributed by atoms with E-state index in [0.29, 0.717) is 12.0 Å². The molecule has 1 aromatic carbocycles. The van der Waals surface area contributed by atoms with E-state index in [2.05, 4.69) is 24.4 Å². The molecule has 1 aliphatic heterocycles. The highest BCUT2D eigenvalue weighted by molar-refractivity contribution is 6.30. The summed E-state index contributed by atoms with van der Waals surface area (Å²) < 4.78 is 5.43. The van der Waals surface area contributed by atoms with Gasteiger partial charge >= 0.3 is 0 Å². The van der Waals surface area contributed by atoms with Crippen LogP contribution in [-0.2, 0) is 4.74 Å². The molecule has 0 radical (unpaired) electrons. The van der Waals surface area contributed by atoms with Crippen LogP contribution in [-0.4, -0.2) is 20.3 Å². The van der Waals surface area contributed by atoms with Gasteiger partial charge in [0, 0.05) is 24.3 Å². The molecule has 2 nitrogen and oxygen atoms in total. The average Bonchev–Trinajstić information content (AvgIpc) is 2.36. The first kappa shape index (κ1) is 12.9. The summed E-state index contributed by atoms with van der Waals surface area (Å²) >= 11 is 6.10. The van der Waals surface area contributed by atoms with Crippen molar-refractivity contribution in [1.29, 1.82) is 0 Å². The Kier molecular flexibility index (Phi) is 4.43. The van der Waals surface area contributed by atoms with Gasteiger partial charge in [-0.15, -0.1) is 0 Å². The van der Waals surface area contributed by atoms with Crippen LogP contribution < -0.4 is 5.32 Å². The van der Waals surface area contributed by atoms with Gasteiger partial charge in [-0.1, -0.05) is 17.7 Å². The fourth-order valence-electron chi connectivity index (χ4n) is 2.64. The molecule has 0 aromatic heterocycles. The Morgan fingerprint density at radius 3 is 2.71 bits per heavy atom. The topological polar surface area (TPSA) is 21.3 Å². The number of hydrogen-bond acceptors (Lipinski definition) is 2. The van der Waals surface area contributed by atoms with Crippen molar-refractivity contribution in [2.45, 2.75) is 25.8 Å². The lowest BCUT2D eigenvalue weighted by Gasteiger charge is -2.31. The van der Waals surface area contributed by atoms with Crippen molar-refractivity contribution in [3.8, 4) is 0 Å². The fourth-order valence-corrected chi connectivity index (χ4v) is 2.82. The Hall–Kier alpha value is -0.570. The van der Waals surface area contributed by atoms with E-state index in [9.17, 15) is 0 Å². The van der Waals surface area contributed by atoms with E-state index in [0.717, 1.165) is 31.1 Å². The van der Waals surface area contributed by atoms with Crippen LogP contribution in [0.1, 0.15) is 30.0 Å².